The van der Waals surface area contributed by atoms with Crippen molar-refractivity contribution in [1.29, 1.82) is 0 Å². The first-order valence-corrected chi connectivity index (χ1v) is 9.32. The molecule has 0 unspecified atom stereocenters. The summed E-state index contributed by atoms with van der Waals surface area (Å²) in [6, 6.07) is 9.75. The molecule has 4 rings (SSSR count). The third kappa shape index (κ3) is 3.46. The summed E-state index contributed by atoms with van der Waals surface area (Å²) in [6.07, 6.45) is 3.08. The Kier molecular flexibility index (Phi) is 4.99. The largest absolute Gasteiger partial charge is 0.206 e. The van der Waals surface area contributed by atoms with Crippen LogP contribution in [0.5, 0.6) is 0 Å². The average Bonchev–Trinajstić information content (AvgIpc) is 2.71. The molecule has 0 spiro atoms. The van der Waals surface area contributed by atoms with Crippen LogP contribution in [-0.2, 0) is 19.3 Å². The summed E-state index contributed by atoms with van der Waals surface area (Å²) >= 11 is 0. The van der Waals surface area contributed by atoms with Crippen LogP contribution in [0, 0.1) is 29.1 Å². The van der Waals surface area contributed by atoms with Gasteiger partial charge in [-0.05, 0) is 65.3 Å². The summed E-state index contributed by atoms with van der Waals surface area (Å²) in [7, 11) is 0. The van der Waals surface area contributed by atoms with Crippen molar-refractivity contribution in [1.82, 2.24) is 0 Å². The first kappa shape index (κ1) is 19.4. The maximum absolute atomic E-state index is 15.1. The van der Waals surface area contributed by atoms with Gasteiger partial charge in [0.25, 0.3) is 0 Å². The number of aryl methyl sites for hydroxylation is 1. The quantitative estimate of drug-likeness (QED) is 0.335. The van der Waals surface area contributed by atoms with Crippen LogP contribution in [0.15, 0.2) is 48.5 Å². The van der Waals surface area contributed by atoms with Crippen molar-refractivity contribution in [3.8, 4) is 11.1 Å². The minimum Gasteiger partial charge on any atom is -0.206 e. The molecule has 0 bridgehead atoms. The van der Waals surface area contributed by atoms with E-state index in [4.69, 9.17) is 0 Å². The van der Waals surface area contributed by atoms with Crippen LogP contribution in [0.3, 0.4) is 0 Å². The van der Waals surface area contributed by atoms with Gasteiger partial charge < -0.3 is 0 Å². The Hall–Kier alpha value is -2.95. The van der Waals surface area contributed by atoms with Crippen LogP contribution in [-0.4, -0.2) is 0 Å². The standard InChI is InChI=1S/C24H17F5/c1-2-13-3-6-17(20(25)9-13)14-4-7-18-15(10-14)5-8-19(23(18)28)16-11-21(26)24(29)22(27)12-16/h3-6,8-9,11-12H,2,7,10H2,1H3. The molecule has 148 valence electrons. The van der Waals surface area contributed by atoms with E-state index in [1.54, 1.807) is 18.2 Å². The van der Waals surface area contributed by atoms with Crippen molar-refractivity contribution < 1.29 is 22.0 Å². The fourth-order valence-electron chi connectivity index (χ4n) is 3.73. The van der Waals surface area contributed by atoms with E-state index in [0.29, 0.717) is 23.1 Å². The Balaban J connectivity index is 1.70. The van der Waals surface area contributed by atoms with Crippen LogP contribution < -0.4 is 0 Å². The zero-order chi connectivity index (χ0) is 20.7. The molecule has 0 nitrogen and oxygen atoms in total. The molecule has 1 aliphatic rings. The van der Waals surface area contributed by atoms with E-state index in [2.05, 4.69) is 0 Å². The highest BCUT2D eigenvalue weighted by molar-refractivity contribution is 5.73. The number of halogens is 5. The lowest BCUT2D eigenvalue weighted by atomic mass is 9.85. The molecule has 3 aromatic rings. The summed E-state index contributed by atoms with van der Waals surface area (Å²) in [4.78, 5) is 0. The van der Waals surface area contributed by atoms with Gasteiger partial charge >= 0.3 is 0 Å². The lowest BCUT2D eigenvalue weighted by Gasteiger charge is -2.20. The fraction of sp³-hybridized carbons (Fsp3) is 0.167. The van der Waals surface area contributed by atoms with Gasteiger partial charge in [0.1, 0.15) is 11.6 Å². The topological polar surface area (TPSA) is 0 Å². The van der Waals surface area contributed by atoms with Crippen molar-refractivity contribution >= 4 is 5.57 Å². The molecule has 0 aromatic heterocycles. The number of allylic oxidation sites excluding steroid dienone is 2. The molecule has 0 fully saturated rings. The minimum absolute atomic E-state index is 0.00289. The molecule has 0 N–H and O–H groups in total. The Morgan fingerprint density at radius 3 is 2.10 bits per heavy atom. The maximum atomic E-state index is 15.1. The van der Waals surface area contributed by atoms with Crippen molar-refractivity contribution in [2.45, 2.75) is 26.2 Å². The van der Waals surface area contributed by atoms with Crippen molar-refractivity contribution in [3.05, 3.63) is 99.9 Å². The number of hydrogen-bond donors (Lipinski definition) is 0. The van der Waals surface area contributed by atoms with Crippen molar-refractivity contribution in [3.63, 3.8) is 0 Å². The molecule has 5 heteroatoms. The predicted molar refractivity (Wildman–Crippen MR) is 103 cm³/mol. The van der Waals surface area contributed by atoms with Gasteiger partial charge in [0.2, 0.25) is 0 Å². The SMILES string of the molecule is CCc1ccc(C2=CCc3c(ccc(-c4cc(F)c(F)c(F)c4)c3F)C2)c(F)c1. The summed E-state index contributed by atoms with van der Waals surface area (Å²) in [5.41, 5.74) is 3.16. The molecular formula is C24H17F5. The molecule has 3 aromatic carbocycles. The summed E-state index contributed by atoms with van der Waals surface area (Å²) in [6.45, 7) is 1.95. The number of fused-ring (bicyclic) bond motifs is 1. The molecule has 1 aliphatic carbocycles. The van der Waals surface area contributed by atoms with E-state index in [0.717, 1.165) is 29.7 Å². The number of hydrogen-bond acceptors (Lipinski definition) is 0. The third-order valence-corrected chi connectivity index (χ3v) is 5.36. The summed E-state index contributed by atoms with van der Waals surface area (Å²) in [5.74, 6) is -5.25. The molecule has 0 atom stereocenters. The molecule has 29 heavy (non-hydrogen) atoms. The number of benzene rings is 3. The van der Waals surface area contributed by atoms with Gasteiger partial charge in [-0.15, -0.1) is 0 Å². The monoisotopic (exact) mass is 400 g/mol. The Labute approximate surface area is 165 Å². The first-order chi connectivity index (χ1) is 13.9. The van der Waals surface area contributed by atoms with E-state index >= 15 is 4.39 Å². The van der Waals surface area contributed by atoms with Crippen LogP contribution in [0.25, 0.3) is 16.7 Å². The zero-order valence-electron chi connectivity index (χ0n) is 15.6. The third-order valence-electron chi connectivity index (χ3n) is 5.36. The fourth-order valence-corrected chi connectivity index (χ4v) is 3.73. The highest BCUT2D eigenvalue weighted by Crippen LogP contribution is 2.35. The minimum atomic E-state index is -1.59. The molecule has 0 aliphatic heterocycles. The molecule has 0 radical (unpaired) electrons. The average molecular weight is 400 g/mol. The lowest BCUT2D eigenvalue weighted by molar-refractivity contribution is 0.447. The second-order valence-corrected chi connectivity index (χ2v) is 7.10. The van der Waals surface area contributed by atoms with Crippen molar-refractivity contribution in [2.24, 2.45) is 0 Å². The lowest BCUT2D eigenvalue weighted by Crippen LogP contribution is -2.08. The van der Waals surface area contributed by atoms with Crippen LogP contribution >= 0.6 is 0 Å². The smallest absolute Gasteiger partial charge is 0.194 e. The van der Waals surface area contributed by atoms with E-state index in [1.165, 1.54) is 12.1 Å². The normalized spacial score (nSPS) is 13.2. The van der Waals surface area contributed by atoms with Gasteiger partial charge in [0.05, 0.1) is 0 Å². The van der Waals surface area contributed by atoms with E-state index in [-0.39, 0.29) is 23.4 Å². The van der Waals surface area contributed by atoms with Gasteiger partial charge in [-0.25, -0.2) is 22.0 Å². The van der Waals surface area contributed by atoms with Gasteiger partial charge in [-0.3, -0.25) is 0 Å². The maximum Gasteiger partial charge on any atom is 0.194 e. The van der Waals surface area contributed by atoms with Gasteiger partial charge in [-0.1, -0.05) is 37.3 Å². The summed E-state index contributed by atoms with van der Waals surface area (Å²) in [5, 5.41) is 0. The predicted octanol–water partition coefficient (Wildman–Crippen LogP) is 6.79. The Bertz CT molecular complexity index is 1120. The second-order valence-electron chi connectivity index (χ2n) is 7.10. The Morgan fingerprint density at radius 1 is 0.759 bits per heavy atom. The van der Waals surface area contributed by atoms with Crippen LogP contribution in [0.1, 0.15) is 29.2 Å². The van der Waals surface area contributed by atoms with E-state index < -0.39 is 23.3 Å². The Morgan fingerprint density at radius 2 is 1.45 bits per heavy atom. The summed E-state index contributed by atoms with van der Waals surface area (Å²) < 4.78 is 69.8. The first-order valence-electron chi connectivity index (χ1n) is 9.32. The highest BCUT2D eigenvalue weighted by atomic mass is 19.2. The molecule has 0 amide bonds. The van der Waals surface area contributed by atoms with E-state index in [9.17, 15) is 17.6 Å². The zero-order valence-corrected chi connectivity index (χ0v) is 15.6. The van der Waals surface area contributed by atoms with Crippen molar-refractivity contribution in [2.75, 3.05) is 0 Å². The van der Waals surface area contributed by atoms with Gasteiger partial charge in [0.15, 0.2) is 17.5 Å². The molecule has 0 heterocycles. The van der Waals surface area contributed by atoms with Gasteiger partial charge in [0, 0.05) is 11.1 Å². The van der Waals surface area contributed by atoms with E-state index in [1.807, 2.05) is 13.0 Å². The van der Waals surface area contributed by atoms with Gasteiger partial charge in [-0.2, -0.15) is 0 Å². The molecule has 0 saturated carbocycles. The number of rotatable bonds is 3. The van der Waals surface area contributed by atoms with Crippen LogP contribution in [0.2, 0.25) is 0 Å². The molecule has 0 saturated heterocycles. The molecular weight excluding hydrogens is 383 g/mol. The van der Waals surface area contributed by atoms with Crippen LogP contribution in [0.4, 0.5) is 22.0 Å². The highest BCUT2D eigenvalue weighted by Gasteiger charge is 2.22. The second kappa shape index (κ2) is 7.47.